The van der Waals surface area contributed by atoms with Gasteiger partial charge in [-0.05, 0) is 41.3 Å². The molecule has 0 spiro atoms. The van der Waals surface area contributed by atoms with Gasteiger partial charge in [0.15, 0.2) is 0 Å². The van der Waals surface area contributed by atoms with E-state index in [9.17, 15) is 0 Å². The van der Waals surface area contributed by atoms with Gasteiger partial charge in [-0.15, -0.1) is 0 Å². The Labute approximate surface area is 133 Å². The molecule has 3 nitrogen and oxygen atoms in total. The Bertz CT molecular complexity index is 629. The zero-order chi connectivity index (χ0) is 16.1. The zero-order valence-corrected chi connectivity index (χ0v) is 13.4. The fraction of sp³-hybridized carbons (Fsp3) is 0.263. The number of rotatable bonds is 6. The third kappa shape index (κ3) is 3.89. The topological polar surface area (TPSA) is 55.3 Å². The summed E-state index contributed by atoms with van der Waals surface area (Å²) in [6, 6.07) is 16.5. The van der Waals surface area contributed by atoms with Crippen LogP contribution in [0, 0.1) is 0 Å². The molecule has 2 aromatic carbocycles. The molecule has 2 rings (SSSR count). The van der Waals surface area contributed by atoms with E-state index < -0.39 is 0 Å². The molecule has 0 aliphatic carbocycles. The highest BCUT2D eigenvalue weighted by atomic mass is 15.1. The van der Waals surface area contributed by atoms with Crippen LogP contribution in [-0.4, -0.2) is 6.54 Å². The molecule has 0 heterocycles. The first-order valence-corrected chi connectivity index (χ1v) is 7.61. The average molecular weight is 295 g/mol. The summed E-state index contributed by atoms with van der Waals surface area (Å²) in [6.07, 6.45) is 0. The quantitative estimate of drug-likeness (QED) is 0.795. The van der Waals surface area contributed by atoms with Gasteiger partial charge in [-0.2, -0.15) is 0 Å². The number of anilines is 2. The molecule has 0 aliphatic heterocycles. The lowest BCUT2D eigenvalue weighted by Crippen LogP contribution is -2.26. The van der Waals surface area contributed by atoms with Gasteiger partial charge in [0, 0.05) is 30.2 Å². The summed E-state index contributed by atoms with van der Waals surface area (Å²) < 4.78 is 0. The van der Waals surface area contributed by atoms with Crippen LogP contribution in [0.2, 0.25) is 0 Å². The standard InChI is InChI=1S/C19H25N3/c1-14(2)17-7-9-19(10-8-17)22(15(3)12-20)13-16-5-4-6-18(21)11-16/h4-11,14H,3,12-13,20-21H2,1-2H3. The predicted octanol–water partition coefficient (Wildman–Crippen LogP) is 3.87. The van der Waals surface area contributed by atoms with E-state index in [2.05, 4.69) is 55.7 Å². The molecule has 0 fully saturated rings. The maximum absolute atomic E-state index is 5.87. The largest absolute Gasteiger partial charge is 0.399 e. The lowest BCUT2D eigenvalue weighted by Gasteiger charge is -2.27. The van der Waals surface area contributed by atoms with Crippen LogP contribution in [0.5, 0.6) is 0 Å². The minimum atomic E-state index is 0.425. The van der Waals surface area contributed by atoms with E-state index in [0.717, 1.165) is 22.6 Å². The Hall–Kier alpha value is -2.26. The number of hydrogen-bond acceptors (Lipinski definition) is 3. The van der Waals surface area contributed by atoms with Crippen LogP contribution in [-0.2, 0) is 6.54 Å². The Morgan fingerprint density at radius 3 is 2.36 bits per heavy atom. The van der Waals surface area contributed by atoms with Crippen LogP contribution in [0.3, 0.4) is 0 Å². The molecular weight excluding hydrogens is 270 g/mol. The van der Waals surface area contributed by atoms with Crippen LogP contribution >= 0.6 is 0 Å². The molecule has 0 radical (unpaired) electrons. The van der Waals surface area contributed by atoms with Crippen LogP contribution < -0.4 is 16.4 Å². The number of hydrogen-bond donors (Lipinski definition) is 2. The molecule has 0 unspecified atom stereocenters. The molecule has 0 bridgehead atoms. The first kappa shape index (κ1) is 16.1. The van der Waals surface area contributed by atoms with Gasteiger partial charge in [0.05, 0.1) is 0 Å². The number of nitrogen functional groups attached to an aromatic ring is 1. The fourth-order valence-electron chi connectivity index (χ4n) is 2.41. The lowest BCUT2D eigenvalue weighted by atomic mass is 10.0. The second-order valence-corrected chi connectivity index (χ2v) is 5.85. The minimum Gasteiger partial charge on any atom is -0.399 e. The molecule has 0 saturated carbocycles. The molecule has 0 aliphatic rings. The predicted molar refractivity (Wildman–Crippen MR) is 95.8 cm³/mol. The number of benzene rings is 2. The Morgan fingerprint density at radius 1 is 1.14 bits per heavy atom. The molecule has 4 N–H and O–H groups in total. The van der Waals surface area contributed by atoms with Crippen LogP contribution in [0.25, 0.3) is 0 Å². The third-order valence-corrected chi connectivity index (χ3v) is 3.78. The fourth-order valence-corrected chi connectivity index (χ4v) is 2.41. The van der Waals surface area contributed by atoms with Crippen LogP contribution in [0.15, 0.2) is 60.8 Å². The Kier molecular flexibility index (Phi) is 5.23. The van der Waals surface area contributed by atoms with Crippen molar-refractivity contribution >= 4 is 11.4 Å². The van der Waals surface area contributed by atoms with Crippen molar-refractivity contribution in [2.45, 2.75) is 26.3 Å². The van der Waals surface area contributed by atoms with E-state index in [0.29, 0.717) is 19.0 Å². The normalized spacial score (nSPS) is 10.7. The van der Waals surface area contributed by atoms with E-state index in [1.54, 1.807) is 0 Å². The highest BCUT2D eigenvalue weighted by Crippen LogP contribution is 2.24. The summed E-state index contributed by atoms with van der Waals surface area (Å²) in [5.74, 6) is 0.522. The van der Waals surface area contributed by atoms with Crippen LogP contribution in [0.4, 0.5) is 11.4 Å². The van der Waals surface area contributed by atoms with Crippen molar-refractivity contribution in [1.29, 1.82) is 0 Å². The zero-order valence-electron chi connectivity index (χ0n) is 13.4. The Balaban J connectivity index is 2.28. The van der Waals surface area contributed by atoms with Gasteiger partial charge < -0.3 is 16.4 Å². The summed E-state index contributed by atoms with van der Waals surface area (Å²) >= 11 is 0. The SMILES string of the molecule is C=C(CN)N(Cc1cccc(N)c1)c1ccc(C(C)C)cc1. The smallest absolute Gasteiger partial charge is 0.0479 e. The second kappa shape index (κ2) is 7.14. The van der Waals surface area contributed by atoms with E-state index in [1.807, 2.05) is 18.2 Å². The molecule has 2 aromatic rings. The van der Waals surface area contributed by atoms with Crippen LogP contribution in [0.1, 0.15) is 30.9 Å². The molecule has 0 aromatic heterocycles. The summed E-state index contributed by atoms with van der Waals surface area (Å²) in [7, 11) is 0. The van der Waals surface area contributed by atoms with Crippen molar-refractivity contribution in [3.8, 4) is 0 Å². The van der Waals surface area contributed by atoms with Gasteiger partial charge in [-0.3, -0.25) is 0 Å². The number of nitrogens with two attached hydrogens (primary N) is 2. The van der Waals surface area contributed by atoms with E-state index in [4.69, 9.17) is 11.5 Å². The maximum Gasteiger partial charge on any atom is 0.0479 e. The highest BCUT2D eigenvalue weighted by molar-refractivity contribution is 5.54. The van der Waals surface area contributed by atoms with Crippen molar-refractivity contribution in [3.05, 3.63) is 71.9 Å². The molecule has 0 atom stereocenters. The lowest BCUT2D eigenvalue weighted by molar-refractivity contribution is 0.859. The van der Waals surface area contributed by atoms with Gasteiger partial charge in [0.25, 0.3) is 0 Å². The van der Waals surface area contributed by atoms with E-state index >= 15 is 0 Å². The summed E-state index contributed by atoms with van der Waals surface area (Å²) in [5.41, 5.74) is 16.9. The first-order valence-electron chi connectivity index (χ1n) is 7.61. The number of nitrogens with zero attached hydrogens (tertiary/aromatic N) is 1. The molecule has 3 heteroatoms. The summed E-state index contributed by atoms with van der Waals surface area (Å²) in [5, 5.41) is 0. The average Bonchev–Trinajstić information content (AvgIpc) is 2.52. The molecule has 116 valence electrons. The molecular formula is C19H25N3. The first-order chi connectivity index (χ1) is 10.5. The van der Waals surface area contributed by atoms with Gasteiger partial charge in [-0.1, -0.05) is 44.7 Å². The highest BCUT2D eigenvalue weighted by Gasteiger charge is 2.11. The molecule has 0 amide bonds. The third-order valence-electron chi connectivity index (χ3n) is 3.78. The van der Waals surface area contributed by atoms with Gasteiger partial charge in [0.1, 0.15) is 0 Å². The van der Waals surface area contributed by atoms with Crippen molar-refractivity contribution in [2.24, 2.45) is 5.73 Å². The molecule has 22 heavy (non-hydrogen) atoms. The van der Waals surface area contributed by atoms with Crippen molar-refractivity contribution in [3.63, 3.8) is 0 Å². The maximum atomic E-state index is 5.87. The van der Waals surface area contributed by atoms with E-state index in [-0.39, 0.29) is 0 Å². The summed E-state index contributed by atoms with van der Waals surface area (Å²) in [4.78, 5) is 2.14. The Morgan fingerprint density at radius 2 is 1.82 bits per heavy atom. The minimum absolute atomic E-state index is 0.425. The van der Waals surface area contributed by atoms with Crippen molar-refractivity contribution in [1.82, 2.24) is 0 Å². The van der Waals surface area contributed by atoms with E-state index in [1.165, 1.54) is 5.56 Å². The second-order valence-electron chi connectivity index (χ2n) is 5.85. The van der Waals surface area contributed by atoms with Gasteiger partial charge in [-0.25, -0.2) is 0 Å². The monoisotopic (exact) mass is 295 g/mol. The van der Waals surface area contributed by atoms with Crippen molar-refractivity contribution < 1.29 is 0 Å². The summed E-state index contributed by atoms with van der Waals surface area (Å²) in [6.45, 7) is 9.62. The molecule has 0 saturated heterocycles. The van der Waals surface area contributed by atoms with Crippen molar-refractivity contribution in [2.75, 3.05) is 17.2 Å². The van der Waals surface area contributed by atoms with Gasteiger partial charge in [0.2, 0.25) is 0 Å². The van der Waals surface area contributed by atoms with Gasteiger partial charge >= 0.3 is 0 Å².